The lowest BCUT2D eigenvalue weighted by molar-refractivity contribution is -0.133. The Hall–Kier alpha value is -3.27. The zero-order valence-electron chi connectivity index (χ0n) is 19.3. The molecule has 35 heavy (non-hydrogen) atoms. The topological polar surface area (TPSA) is 83.6 Å². The number of piperidine rings is 1. The molecule has 0 atom stereocenters. The van der Waals surface area contributed by atoms with Gasteiger partial charge in [-0.15, -0.1) is 0 Å². The van der Waals surface area contributed by atoms with Crippen LogP contribution in [0.4, 0.5) is 13.2 Å². The minimum Gasteiger partial charge on any atom is -0.383 e. The average Bonchev–Trinajstić information content (AvgIpc) is 3.32. The summed E-state index contributed by atoms with van der Waals surface area (Å²) in [5.41, 5.74) is -0.138. The number of nitrogens with zero attached hydrogens (tertiary/aromatic N) is 5. The van der Waals surface area contributed by atoms with Gasteiger partial charge in [-0.2, -0.15) is 0 Å². The van der Waals surface area contributed by atoms with Crippen molar-refractivity contribution in [2.45, 2.75) is 57.7 Å². The van der Waals surface area contributed by atoms with Crippen molar-refractivity contribution in [3.63, 3.8) is 0 Å². The molecule has 2 aromatic heterocycles. The third kappa shape index (κ3) is 4.31. The van der Waals surface area contributed by atoms with E-state index in [0.717, 1.165) is 36.8 Å². The van der Waals surface area contributed by atoms with Gasteiger partial charge in [-0.05, 0) is 25.3 Å². The summed E-state index contributed by atoms with van der Waals surface area (Å²) in [5, 5.41) is 12.0. The SMILES string of the molecule is CC(=O)N1CCC(O)(c2cc3c(=NCc4cccc(C(F)F)c4F)nc4n(c3cn2)CCC4)CC1. The molecule has 2 aliphatic rings. The van der Waals surface area contributed by atoms with Gasteiger partial charge in [-0.25, -0.2) is 18.2 Å². The quantitative estimate of drug-likeness (QED) is 0.614. The summed E-state index contributed by atoms with van der Waals surface area (Å²) in [4.78, 5) is 27.2. The van der Waals surface area contributed by atoms with Crippen molar-refractivity contribution in [3.05, 3.63) is 64.4 Å². The van der Waals surface area contributed by atoms with E-state index in [1.54, 1.807) is 17.2 Å². The van der Waals surface area contributed by atoms with Gasteiger partial charge in [0.05, 0.1) is 29.5 Å². The van der Waals surface area contributed by atoms with Crippen molar-refractivity contribution < 1.29 is 23.1 Å². The Balaban J connectivity index is 1.57. The lowest BCUT2D eigenvalue weighted by Gasteiger charge is -2.37. The van der Waals surface area contributed by atoms with Crippen LogP contribution in [0.1, 0.15) is 55.3 Å². The number of pyridine rings is 1. The molecule has 0 saturated carbocycles. The van der Waals surface area contributed by atoms with Crippen LogP contribution in [0.5, 0.6) is 0 Å². The molecule has 2 aliphatic heterocycles. The number of likely N-dealkylation sites (tertiary alicyclic amines) is 1. The molecule has 184 valence electrons. The second kappa shape index (κ2) is 9.07. The first-order chi connectivity index (χ1) is 16.8. The van der Waals surface area contributed by atoms with Crippen molar-refractivity contribution in [2.24, 2.45) is 4.99 Å². The minimum absolute atomic E-state index is 0.0288. The van der Waals surface area contributed by atoms with Crippen LogP contribution in [0.3, 0.4) is 0 Å². The summed E-state index contributed by atoms with van der Waals surface area (Å²) in [7, 11) is 0. The fraction of sp³-hybridized carbons (Fsp3) is 0.440. The van der Waals surface area contributed by atoms with E-state index in [-0.39, 0.29) is 18.0 Å². The van der Waals surface area contributed by atoms with E-state index in [1.165, 1.54) is 19.1 Å². The van der Waals surface area contributed by atoms with Crippen molar-refractivity contribution >= 4 is 16.8 Å². The Morgan fingerprint density at radius 2 is 2.03 bits per heavy atom. The summed E-state index contributed by atoms with van der Waals surface area (Å²) in [6.07, 6.45) is 1.19. The largest absolute Gasteiger partial charge is 0.383 e. The second-order valence-electron chi connectivity index (χ2n) is 9.17. The number of hydrogen-bond acceptors (Lipinski definition) is 5. The molecular weight excluding hydrogens is 459 g/mol. The Morgan fingerprint density at radius 3 is 2.74 bits per heavy atom. The number of alkyl halides is 2. The first-order valence-electron chi connectivity index (χ1n) is 11.7. The number of benzene rings is 1. The van der Waals surface area contributed by atoms with Crippen LogP contribution in [-0.4, -0.2) is 43.5 Å². The van der Waals surface area contributed by atoms with Crippen LogP contribution >= 0.6 is 0 Å². The van der Waals surface area contributed by atoms with Crippen molar-refractivity contribution in [2.75, 3.05) is 13.1 Å². The van der Waals surface area contributed by atoms with Gasteiger partial charge >= 0.3 is 0 Å². The number of aromatic nitrogens is 3. The van der Waals surface area contributed by atoms with Crippen LogP contribution in [0.2, 0.25) is 0 Å². The molecule has 1 aromatic carbocycles. The Bertz CT molecular complexity index is 1360. The summed E-state index contributed by atoms with van der Waals surface area (Å²) in [5.74, 6) is -0.153. The van der Waals surface area contributed by atoms with Gasteiger partial charge in [0.25, 0.3) is 6.43 Å². The van der Waals surface area contributed by atoms with Gasteiger partial charge in [0.2, 0.25) is 5.91 Å². The molecular formula is C25H26F3N5O2. The van der Waals surface area contributed by atoms with Crippen LogP contribution in [0.25, 0.3) is 10.9 Å². The molecule has 1 N–H and O–H groups in total. The Labute approximate surface area is 200 Å². The fourth-order valence-electron chi connectivity index (χ4n) is 4.93. The highest BCUT2D eigenvalue weighted by Gasteiger charge is 2.36. The maximum absolute atomic E-state index is 14.6. The molecule has 1 saturated heterocycles. The van der Waals surface area contributed by atoms with Crippen LogP contribution in [-0.2, 0) is 29.9 Å². The van der Waals surface area contributed by atoms with Gasteiger partial charge < -0.3 is 14.6 Å². The van der Waals surface area contributed by atoms with E-state index < -0.39 is 23.4 Å². The van der Waals surface area contributed by atoms with Crippen LogP contribution in [0, 0.1) is 5.82 Å². The number of fused-ring (bicyclic) bond motifs is 3. The number of aliphatic hydroxyl groups is 1. The predicted octanol–water partition coefficient (Wildman–Crippen LogP) is 3.39. The van der Waals surface area contributed by atoms with E-state index in [4.69, 9.17) is 4.98 Å². The number of carbonyl (C=O) groups excluding carboxylic acids is 1. The molecule has 7 nitrogen and oxygen atoms in total. The number of rotatable bonds is 4. The molecule has 0 spiro atoms. The lowest BCUT2D eigenvalue weighted by atomic mass is 9.87. The van der Waals surface area contributed by atoms with Gasteiger partial charge in [-0.1, -0.05) is 18.2 Å². The third-order valence-corrected chi connectivity index (χ3v) is 7.00. The monoisotopic (exact) mass is 485 g/mol. The van der Waals surface area contributed by atoms with Gasteiger partial charge in [0.1, 0.15) is 17.2 Å². The number of amides is 1. The van der Waals surface area contributed by atoms with Gasteiger partial charge in [0.15, 0.2) is 5.49 Å². The molecule has 0 bridgehead atoms. The highest BCUT2D eigenvalue weighted by atomic mass is 19.3. The van der Waals surface area contributed by atoms with Crippen LogP contribution in [0.15, 0.2) is 35.5 Å². The van der Waals surface area contributed by atoms with E-state index in [0.29, 0.717) is 42.5 Å². The summed E-state index contributed by atoms with van der Waals surface area (Å²) < 4.78 is 42.9. The van der Waals surface area contributed by atoms with E-state index in [9.17, 15) is 23.1 Å². The Morgan fingerprint density at radius 1 is 1.26 bits per heavy atom. The first kappa shape index (κ1) is 23.5. The minimum atomic E-state index is -2.91. The highest BCUT2D eigenvalue weighted by molar-refractivity contribution is 5.78. The number of aryl methyl sites for hydroxylation is 2. The van der Waals surface area contributed by atoms with Crippen molar-refractivity contribution in [3.8, 4) is 0 Å². The van der Waals surface area contributed by atoms with Crippen molar-refractivity contribution in [1.29, 1.82) is 0 Å². The fourth-order valence-corrected chi connectivity index (χ4v) is 4.93. The smallest absolute Gasteiger partial charge is 0.266 e. The second-order valence-corrected chi connectivity index (χ2v) is 9.17. The van der Waals surface area contributed by atoms with Crippen molar-refractivity contribution in [1.82, 2.24) is 19.4 Å². The summed E-state index contributed by atoms with van der Waals surface area (Å²) >= 11 is 0. The Kier molecular flexibility index (Phi) is 6.08. The zero-order valence-corrected chi connectivity index (χ0v) is 19.3. The predicted molar refractivity (Wildman–Crippen MR) is 122 cm³/mol. The van der Waals surface area contributed by atoms with Gasteiger partial charge in [0, 0.05) is 43.9 Å². The van der Waals surface area contributed by atoms with E-state index in [2.05, 4.69) is 14.5 Å². The molecule has 10 heteroatoms. The maximum atomic E-state index is 14.6. The molecule has 4 heterocycles. The lowest BCUT2D eigenvalue weighted by Crippen LogP contribution is -2.44. The van der Waals surface area contributed by atoms with Gasteiger partial charge in [-0.3, -0.25) is 14.8 Å². The first-order valence-corrected chi connectivity index (χ1v) is 11.7. The molecule has 3 aromatic rings. The molecule has 0 radical (unpaired) electrons. The average molecular weight is 486 g/mol. The van der Waals surface area contributed by atoms with E-state index in [1.807, 2.05) is 0 Å². The summed E-state index contributed by atoms with van der Waals surface area (Å²) in [6, 6.07) is 5.67. The zero-order chi connectivity index (χ0) is 24.7. The molecule has 1 fully saturated rings. The maximum Gasteiger partial charge on any atom is 0.266 e. The third-order valence-electron chi connectivity index (χ3n) is 7.00. The number of hydrogen-bond donors (Lipinski definition) is 1. The van der Waals surface area contributed by atoms with Crippen LogP contribution < -0.4 is 5.49 Å². The molecule has 5 rings (SSSR count). The molecule has 1 amide bonds. The number of halogens is 3. The highest BCUT2D eigenvalue weighted by Crippen LogP contribution is 2.33. The molecule has 0 unspecified atom stereocenters. The van der Waals surface area contributed by atoms with E-state index >= 15 is 0 Å². The molecule has 0 aliphatic carbocycles. The number of carbonyl (C=O) groups is 1. The standard InChI is InChI=1S/C25H26F3N5O2/c1-15(34)32-10-7-25(35,8-11-32)20-12-18-19(14-29-20)33-9-3-6-21(33)31-24(18)30-13-16-4-2-5-17(22(16)26)23(27)28/h2,4-5,12,14,23,35H,3,6-11,13H2,1H3. The normalized spacial score (nSPS) is 17.9. The summed E-state index contributed by atoms with van der Waals surface area (Å²) in [6.45, 7) is 3.01.